The lowest BCUT2D eigenvalue weighted by Gasteiger charge is -2.39. The van der Waals surface area contributed by atoms with E-state index in [1.165, 1.54) is 5.56 Å². The van der Waals surface area contributed by atoms with E-state index in [4.69, 9.17) is 17.3 Å². The molecule has 0 amide bonds. The molecule has 17 heavy (non-hydrogen) atoms. The molecule has 1 aliphatic heterocycles. The standard InChI is InChI=1S/C14H21ClN2/c1-10-9-17(8-7-14(10)16)11(2)12-5-3-4-6-13(12)15/h3-6,10-11,14H,7-9,16H2,1-2H3. The van der Waals surface area contributed by atoms with Crippen LogP contribution in [0.4, 0.5) is 0 Å². The van der Waals surface area contributed by atoms with Gasteiger partial charge in [-0.2, -0.15) is 0 Å². The van der Waals surface area contributed by atoms with E-state index in [1.807, 2.05) is 12.1 Å². The molecule has 1 aliphatic rings. The van der Waals surface area contributed by atoms with Crippen molar-refractivity contribution >= 4 is 11.6 Å². The second kappa shape index (κ2) is 5.38. The largest absolute Gasteiger partial charge is 0.327 e. The normalized spacial score (nSPS) is 28.0. The van der Waals surface area contributed by atoms with Gasteiger partial charge in [-0.3, -0.25) is 4.90 Å². The summed E-state index contributed by atoms with van der Waals surface area (Å²) in [5.74, 6) is 0.564. The molecule has 2 N–H and O–H groups in total. The molecule has 1 aromatic rings. The predicted molar refractivity (Wildman–Crippen MR) is 73.2 cm³/mol. The smallest absolute Gasteiger partial charge is 0.0453 e. The van der Waals surface area contributed by atoms with E-state index in [0.29, 0.717) is 18.0 Å². The van der Waals surface area contributed by atoms with Gasteiger partial charge in [0.05, 0.1) is 0 Å². The zero-order chi connectivity index (χ0) is 12.4. The highest BCUT2D eigenvalue weighted by Crippen LogP contribution is 2.30. The van der Waals surface area contributed by atoms with Crippen molar-refractivity contribution < 1.29 is 0 Å². The minimum Gasteiger partial charge on any atom is -0.327 e. The molecule has 0 aromatic heterocycles. The number of halogens is 1. The van der Waals surface area contributed by atoms with Gasteiger partial charge in [0.15, 0.2) is 0 Å². The van der Waals surface area contributed by atoms with Gasteiger partial charge in [0.1, 0.15) is 0 Å². The molecule has 0 radical (unpaired) electrons. The van der Waals surface area contributed by atoms with Crippen molar-refractivity contribution in [1.82, 2.24) is 4.90 Å². The Balaban J connectivity index is 2.10. The quantitative estimate of drug-likeness (QED) is 0.877. The molecule has 3 heteroatoms. The summed E-state index contributed by atoms with van der Waals surface area (Å²) in [6.07, 6.45) is 1.08. The van der Waals surface area contributed by atoms with Crippen LogP contribution in [0, 0.1) is 5.92 Å². The summed E-state index contributed by atoms with van der Waals surface area (Å²) in [6, 6.07) is 8.84. The molecule has 3 unspecified atom stereocenters. The molecule has 3 atom stereocenters. The Morgan fingerprint density at radius 2 is 2.12 bits per heavy atom. The Kier molecular flexibility index (Phi) is 4.08. The van der Waals surface area contributed by atoms with Crippen LogP contribution in [0.15, 0.2) is 24.3 Å². The molecular formula is C14H21ClN2. The molecule has 1 saturated heterocycles. The van der Waals surface area contributed by atoms with Gasteiger partial charge in [0.25, 0.3) is 0 Å². The Morgan fingerprint density at radius 1 is 1.41 bits per heavy atom. The van der Waals surface area contributed by atoms with Gasteiger partial charge in [-0.25, -0.2) is 0 Å². The van der Waals surface area contributed by atoms with Crippen LogP contribution in [-0.4, -0.2) is 24.0 Å². The Morgan fingerprint density at radius 3 is 2.76 bits per heavy atom. The third kappa shape index (κ3) is 2.82. The predicted octanol–water partition coefficient (Wildman–Crippen LogP) is 3.07. The van der Waals surface area contributed by atoms with Crippen LogP contribution in [-0.2, 0) is 0 Å². The lowest BCUT2D eigenvalue weighted by Crippen LogP contribution is -2.46. The number of hydrogen-bond donors (Lipinski definition) is 1. The molecule has 0 saturated carbocycles. The van der Waals surface area contributed by atoms with Crippen molar-refractivity contribution in [2.75, 3.05) is 13.1 Å². The number of piperidine rings is 1. The maximum atomic E-state index is 6.25. The lowest BCUT2D eigenvalue weighted by atomic mass is 9.92. The molecule has 2 rings (SSSR count). The zero-order valence-corrected chi connectivity index (χ0v) is 11.3. The second-order valence-corrected chi connectivity index (χ2v) is 5.53. The molecule has 2 nitrogen and oxygen atoms in total. The van der Waals surface area contributed by atoms with Gasteiger partial charge >= 0.3 is 0 Å². The van der Waals surface area contributed by atoms with Gasteiger partial charge < -0.3 is 5.73 Å². The van der Waals surface area contributed by atoms with E-state index in [1.54, 1.807) is 0 Å². The summed E-state index contributed by atoms with van der Waals surface area (Å²) in [7, 11) is 0. The zero-order valence-electron chi connectivity index (χ0n) is 10.6. The fourth-order valence-electron chi connectivity index (χ4n) is 2.56. The molecule has 1 fully saturated rings. The van der Waals surface area contributed by atoms with Crippen LogP contribution in [0.5, 0.6) is 0 Å². The average Bonchev–Trinajstić information content (AvgIpc) is 2.32. The molecule has 1 heterocycles. The van der Waals surface area contributed by atoms with Crippen molar-refractivity contribution in [2.24, 2.45) is 11.7 Å². The summed E-state index contributed by atoms with van der Waals surface area (Å²) < 4.78 is 0. The first-order valence-electron chi connectivity index (χ1n) is 6.33. The summed E-state index contributed by atoms with van der Waals surface area (Å²) in [5.41, 5.74) is 7.28. The highest BCUT2D eigenvalue weighted by atomic mass is 35.5. The van der Waals surface area contributed by atoms with Crippen LogP contribution in [0.25, 0.3) is 0 Å². The Labute approximate surface area is 109 Å². The van der Waals surface area contributed by atoms with Crippen LogP contribution < -0.4 is 5.73 Å². The minimum absolute atomic E-state index is 0.352. The van der Waals surface area contributed by atoms with Crippen LogP contribution in [0.1, 0.15) is 31.9 Å². The van der Waals surface area contributed by atoms with Crippen LogP contribution >= 0.6 is 11.6 Å². The summed E-state index contributed by atoms with van der Waals surface area (Å²) >= 11 is 6.25. The third-order valence-electron chi connectivity index (χ3n) is 3.91. The molecule has 0 aliphatic carbocycles. The summed E-state index contributed by atoms with van der Waals surface area (Å²) in [4.78, 5) is 2.48. The van der Waals surface area contributed by atoms with Gasteiger partial charge in [0.2, 0.25) is 0 Å². The summed E-state index contributed by atoms with van der Waals surface area (Å²) in [6.45, 7) is 6.59. The number of likely N-dealkylation sites (tertiary alicyclic amines) is 1. The maximum absolute atomic E-state index is 6.25. The number of benzene rings is 1. The number of hydrogen-bond acceptors (Lipinski definition) is 2. The first-order chi connectivity index (χ1) is 8.09. The molecule has 0 bridgehead atoms. The first kappa shape index (κ1) is 12.9. The van der Waals surface area contributed by atoms with Crippen molar-refractivity contribution in [1.29, 1.82) is 0 Å². The van der Waals surface area contributed by atoms with E-state index < -0.39 is 0 Å². The molecule has 94 valence electrons. The SMILES string of the molecule is CC1CN(C(C)c2ccccc2Cl)CCC1N. The maximum Gasteiger partial charge on any atom is 0.0453 e. The summed E-state index contributed by atoms with van der Waals surface area (Å²) in [5, 5.41) is 0.863. The Bertz CT molecular complexity index is 380. The van der Waals surface area contributed by atoms with Gasteiger partial charge in [0, 0.05) is 30.2 Å². The van der Waals surface area contributed by atoms with Crippen molar-refractivity contribution in [3.05, 3.63) is 34.9 Å². The number of rotatable bonds is 2. The average molecular weight is 253 g/mol. The van der Waals surface area contributed by atoms with E-state index in [2.05, 4.69) is 30.9 Å². The van der Waals surface area contributed by atoms with E-state index in [0.717, 1.165) is 24.5 Å². The fraction of sp³-hybridized carbons (Fsp3) is 0.571. The highest BCUT2D eigenvalue weighted by Gasteiger charge is 2.27. The van der Waals surface area contributed by atoms with E-state index in [9.17, 15) is 0 Å². The lowest BCUT2D eigenvalue weighted by molar-refractivity contribution is 0.124. The van der Waals surface area contributed by atoms with E-state index in [-0.39, 0.29) is 0 Å². The van der Waals surface area contributed by atoms with Gasteiger partial charge in [-0.05, 0) is 30.9 Å². The minimum atomic E-state index is 0.352. The fourth-order valence-corrected chi connectivity index (χ4v) is 2.85. The third-order valence-corrected chi connectivity index (χ3v) is 4.25. The van der Waals surface area contributed by atoms with E-state index >= 15 is 0 Å². The number of nitrogens with two attached hydrogens (primary N) is 1. The Hall–Kier alpha value is -0.570. The van der Waals surface area contributed by atoms with Crippen LogP contribution in [0.3, 0.4) is 0 Å². The topological polar surface area (TPSA) is 29.3 Å². The molecular weight excluding hydrogens is 232 g/mol. The van der Waals surface area contributed by atoms with Gasteiger partial charge in [-0.15, -0.1) is 0 Å². The molecule has 1 aromatic carbocycles. The van der Waals surface area contributed by atoms with Crippen molar-refractivity contribution in [2.45, 2.75) is 32.4 Å². The molecule has 0 spiro atoms. The monoisotopic (exact) mass is 252 g/mol. The number of nitrogens with zero attached hydrogens (tertiary/aromatic N) is 1. The highest BCUT2D eigenvalue weighted by molar-refractivity contribution is 6.31. The van der Waals surface area contributed by atoms with Crippen molar-refractivity contribution in [3.63, 3.8) is 0 Å². The first-order valence-corrected chi connectivity index (χ1v) is 6.71. The second-order valence-electron chi connectivity index (χ2n) is 5.12. The van der Waals surface area contributed by atoms with Crippen molar-refractivity contribution in [3.8, 4) is 0 Å². The van der Waals surface area contributed by atoms with Gasteiger partial charge in [-0.1, -0.05) is 36.7 Å². The van der Waals surface area contributed by atoms with Crippen LogP contribution in [0.2, 0.25) is 5.02 Å².